The Morgan fingerprint density at radius 2 is 2.05 bits per heavy atom. The van der Waals surface area contributed by atoms with Crippen LogP contribution in [0.2, 0.25) is 0 Å². The van der Waals surface area contributed by atoms with Gasteiger partial charge in [0, 0.05) is 11.8 Å². The fourth-order valence-corrected chi connectivity index (χ4v) is 2.26. The van der Waals surface area contributed by atoms with Crippen LogP contribution in [0, 0.1) is 5.82 Å². The van der Waals surface area contributed by atoms with Crippen LogP contribution in [0.1, 0.15) is 12.5 Å². The van der Waals surface area contributed by atoms with E-state index in [2.05, 4.69) is 24.0 Å². The molecule has 1 heterocycles. The first-order valence-electron chi connectivity index (χ1n) is 6.22. The number of hydrogen-bond donors (Lipinski definition) is 1. The van der Waals surface area contributed by atoms with Gasteiger partial charge in [0.1, 0.15) is 5.82 Å². The number of nitrogens with zero attached hydrogens (tertiary/aromatic N) is 2. The van der Waals surface area contributed by atoms with E-state index < -0.39 is 0 Å². The van der Waals surface area contributed by atoms with Crippen LogP contribution in [0.5, 0.6) is 0 Å². The number of halogens is 1. The number of aromatic nitrogens is 2. The smallest absolute Gasteiger partial charge is 0.205 e. The molecule has 1 aromatic heterocycles. The number of hydrogen-bond acceptors (Lipinski definition) is 2. The molecule has 0 aliphatic rings. The summed E-state index contributed by atoms with van der Waals surface area (Å²) in [7, 11) is 0. The molecule has 96 valence electrons. The molecule has 3 aromatic rings. The van der Waals surface area contributed by atoms with Crippen molar-refractivity contribution in [3.8, 4) is 5.69 Å². The normalized spacial score (nSPS) is 11.1. The zero-order valence-corrected chi connectivity index (χ0v) is 10.6. The first-order valence-corrected chi connectivity index (χ1v) is 6.22. The van der Waals surface area contributed by atoms with Gasteiger partial charge in [-0.05, 0) is 36.2 Å². The summed E-state index contributed by atoms with van der Waals surface area (Å²) in [5, 5.41) is 0. The van der Waals surface area contributed by atoms with Gasteiger partial charge in [-0.3, -0.25) is 4.57 Å². The Kier molecular flexibility index (Phi) is 2.71. The minimum absolute atomic E-state index is 0.306. The molecule has 0 unspecified atom stereocenters. The summed E-state index contributed by atoms with van der Waals surface area (Å²) in [6.45, 7) is 2.10. The zero-order chi connectivity index (χ0) is 13.4. The molecule has 19 heavy (non-hydrogen) atoms. The summed E-state index contributed by atoms with van der Waals surface area (Å²) in [5.74, 6) is 0.0633. The predicted octanol–water partition coefficient (Wildman–Crippen LogP) is 3.31. The second-order valence-corrected chi connectivity index (χ2v) is 4.46. The summed E-state index contributed by atoms with van der Waals surface area (Å²) in [6, 6.07) is 12.6. The van der Waals surface area contributed by atoms with Gasteiger partial charge >= 0.3 is 0 Å². The number of nitrogens with two attached hydrogens (primary N) is 1. The molecule has 0 amide bonds. The molecule has 0 saturated heterocycles. The van der Waals surface area contributed by atoms with Crippen molar-refractivity contribution >= 4 is 17.0 Å². The van der Waals surface area contributed by atoms with Gasteiger partial charge in [0.15, 0.2) is 0 Å². The van der Waals surface area contributed by atoms with E-state index in [9.17, 15) is 4.39 Å². The minimum Gasteiger partial charge on any atom is -0.369 e. The lowest BCUT2D eigenvalue weighted by atomic mass is 10.1. The van der Waals surface area contributed by atoms with Gasteiger partial charge in [0.05, 0.1) is 11.0 Å². The lowest BCUT2D eigenvalue weighted by molar-refractivity contribution is 0.629. The average Bonchev–Trinajstić information content (AvgIpc) is 2.73. The average molecular weight is 255 g/mol. The fraction of sp³-hybridized carbons (Fsp3) is 0.133. The standard InChI is InChI=1S/C15H14FN3/c1-2-10-4-3-5-12(8-10)19-14-7-6-11(16)9-13(14)18-15(19)17/h3-9H,2H2,1H3,(H2,17,18). The van der Waals surface area contributed by atoms with E-state index in [1.54, 1.807) is 6.07 Å². The number of imidazole rings is 1. The first-order chi connectivity index (χ1) is 9.19. The summed E-state index contributed by atoms with van der Waals surface area (Å²) >= 11 is 0. The Morgan fingerprint density at radius 1 is 1.21 bits per heavy atom. The van der Waals surface area contributed by atoms with Crippen LogP contribution in [0.4, 0.5) is 10.3 Å². The van der Waals surface area contributed by atoms with Gasteiger partial charge in [-0.15, -0.1) is 0 Å². The second kappa shape index (κ2) is 4.39. The molecule has 0 spiro atoms. The molecular weight excluding hydrogens is 241 g/mol. The van der Waals surface area contributed by atoms with Crippen LogP contribution in [0.25, 0.3) is 16.7 Å². The molecule has 2 aromatic carbocycles. The third-order valence-electron chi connectivity index (χ3n) is 3.22. The van der Waals surface area contributed by atoms with Crippen molar-refractivity contribution in [2.75, 3.05) is 5.73 Å². The highest BCUT2D eigenvalue weighted by Gasteiger charge is 2.10. The summed E-state index contributed by atoms with van der Waals surface area (Å²) in [4.78, 5) is 4.21. The molecule has 4 heteroatoms. The number of fused-ring (bicyclic) bond motifs is 1. The van der Waals surface area contributed by atoms with E-state index in [1.807, 2.05) is 16.7 Å². The van der Waals surface area contributed by atoms with E-state index in [-0.39, 0.29) is 5.82 Å². The third-order valence-corrected chi connectivity index (χ3v) is 3.22. The molecule has 0 bridgehead atoms. The molecular formula is C15H14FN3. The molecule has 3 rings (SSSR count). The predicted molar refractivity (Wildman–Crippen MR) is 74.8 cm³/mol. The van der Waals surface area contributed by atoms with Crippen molar-refractivity contribution < 1.29 is 4.39 Å². The Balaban J connectivity index is 2.26. The maximum atomic E-state index is 13.2. The maximum Gasteiger partial charge on any atom is 0.205 e. The van der Waals surface area contributed by atoms with Crippen LogP contribution in [-0.4, -0.2) is 9.55 Å². The number of anilines is 1. The topological polar surface area (TPSA) is 43.8 Å². The van der Waals surface area contributed by atoms with Gasteiger partial charge in [-0.25, -0.2) is 9.37 Å². The highest BCUT2D eigenvalue weighted by Crippen LogP contribution is 2.24. The van der Waals surface area contributed by atoms with E-state index in [0.29, 0.717) is 11.5 Å². The van der Waals surface area contributed by atoms with Crippen molar-refractivity contribution in [1.82, 2.24) is 9.55 Å². The van der Waals surface area contributed by atoms with E-state index >= 15 is 0 Å². The zero-order valence-electron chi connectivity index (χ0n) is 10.6. The van der Waals surface area contributed by atoms with Crippen molar-refractivity contribution in [3.63, 3.8) is 0 Å². The van der Waals surface area contributed by atoms with Gasteiger partial charge in [-0.2, -0.15) is 0 Å². The van der Waals surface area contributed by atoms with Crippen LogP contribution in [-0.2, 0) is 6.42 Å². The molecule has 0 aliphatic carbocycles. The van der Waals surface area contributed by atoms with Gasteiger partial charge in [-0.1, -0.05) is 19.1 Å². The van der Waals surface area contributed by atoms with Gasteiger partial charge in [0.25, 0.3) is 0 Å². The third kappa shape index (κ3) is 1.95. The molecule has 0 fully saturated rings. The molecule has 0 aliphatic heterocycles. The summed E-state index contributed by atoms with van der Waals surface area (Å²) < 4.78 is 15.0. The highest BCUT2D eigenvalue weighted by molar-refractivity contribution is 5.80. The number of benzene rings is 2. The van der Waals surface area contributed by atoms with Crippen LogP contribution in [0.3, 0.4) is 0 Å². The lowest BCUT2D eigenvalue weighted by Crippen LogP contribution is -2.01. The SMILES string of the molecule is CCc1cccc(-n2c(N)nc3cc(F)ccc32)c1. The van der Waals surface area contributed by atoms with Crippen LogP contribution >= 0.6 is 0 Å². The largest absolute Gasteiger partial charge is 0.369 e. The summed E-state index contributed by atoms with van der Waals surface area (Å²) in [6.07, 6.45) is 0.953. The molecule has 0 atom stereocenters. The fourth-order valence-electron chi connectivity index (χ4n) is 2.26. The number of rotatable bonds is 2. The van der Waals surface area contributed by atoms with Crippen molar-refractivity contribution in [3.05, 3.63) is 53.8 Å². The quantitative estimate of drug-likeness (QED) is 0.763. The lowest BCUT2D eigenvalue weighted by Gasteiger charge is -2.08. The van der Waals surface area contributed by atoms with Gasteiger partial charge in [0.2, 0.25) is 5.95 Å². The second-order valence-electron chi connectivity index (χ2n) is 4.46. The van der Waals surface area contributed by atoms with Crippen LogP contribution in [0.15, 0.2) is 42.5 Å². The Labute approximate surface area is 110 Å². The van der Waals surface area contributed by atoms with Crippen LogP contribution < -0.4 is 5.73 Å². The van der Waals surface area contributed by atoms with Gasteiger partial charge < -0.3 is 5.73 Å². The van der Waals surface area contributed by atoms with E-state index in [0.717, 1.165) is 17.6 Å². The number of aryl methyl sites for hydroxylation is 1. The molecule has 3 nitrogen and oxygen atoms in total. The molecule has 0 radical (unpaired) electrons. The molecule has 2 N–H and O–H groups in total. The number of nitrogen functional groups attached to an aromatic ring is 1. The van der Waals surface area contributed by atoms with Crippen molar-refractivity contribution in [1.29, 1.82) is 0 Å². The van der Waals surface area contributed by atoms with E-state index in [1.165, 1.54) is 17.7 Å². The molecule has 0 saturated carbocycles. The first kappa shape index (κ1) is 11.7. The van der Waals surface area contributed by atoms with E-state index in [4.69, 9.17) is 5.73 Å². The Hall–Kier alpha value is -2.36. The highest BCUT2D eigenvalue weighted by atomic mass is 19.1. The van der Waals surface area contributed by atoms with Crippen molar-refractivity contribution in [2.24, 2.45) is 0 Å². The minimum atomic E-state index is -0.306. The Bertz CT molecular complexity index is 746. The summed E-state index contributed by atoms with van der Waals surface area (Å²) in [5.41, 5.74) is 9.51. The Morgan fingerprint density at radius 3 is 2.84 bits per heavy atom. The maximum absolute atomic E-state index is 13.2. The monoisotopic (exact) mass is 255 g/mol. The van der Waals surface area contributed by atoms with Crippen molar-refractivity contribution in [2.45, 2.75) is 13.3 Å².